The first kappa shape index (κ1) is 18.8. The molecule has 3 aromatic heterocycles. The van der Waals surface area contributed by atoms with E-state index in [0.717, 1.165) is 41.7 Å². The second-order valence-electron chi connectivity index (χ2n) is 6.89. The molecule has 0 fully saturated rings. The molecule has 0 aliphatic heterocycles. The minimum absolute atomic E-state index is 0.236. The number of rotatable bonds is 5. The number of aliphatic hydroxyl groups is 1. The van der Waals surface area contributed by atoms with E-state index in [1.165, 1.54) is 0 Å². The second kappa shape index (κ2) is 7.74. The van der Waals surface area contributed by atoms with E-state index in [9.17, 15) is 5.11 Å². The molecule has 7 heteroatoms. The molecule has 0 amide bonds. The van der Waals surface area contributed by atoms with Crippen LogP contribution in [-0.2, 0) is 6.54 Å². The minimum Gasteiger partial charge on any atom is -0.378 e. The molecule has 3 aromatic rings. The van der Waals surface area contributed by atoms with Crippen LogP contribution in [0.15, 0.2) is 30.7 Å². The monoisotopic (exact) mass is 364 g/mol. The van der Waals surface area contributed by atoms with Gasteiger partial charge in [0.25, 0.3) is 0 Å². The molecule has 0 saturated heterocycles. The Kier molecular flexibility index (Phi) is 5.40. The van der Waals surface area contributed by atoms with Gasteiger partial charge in [-0.15, -0.1) is 0 Å². The highest BCUT2D eigenvalue weighted by Gasteiger charge is 2.13. The molecule has 3 rings (SSSR count). The van der Waals surface area contributed by atoms with E-state index in [4.69, 9.17) is 5.73 Å². The first-order valence-electron chi connectivity index (χ1n) is 8.85. The maximum atomic E-state index is 9.84. The highest BCUT2D eigenvalue weighted by atomic mass is 16.3. The first-order valence-corrected chi connectivity index (χ1v) is 8.85. The molecule has 0 aliphatic carbocycles. The molecular weight excluding hydrogens is 340 g/mol. The van der Waals surface area contributed by atoms with Crippen molar-refractivity contribution in [2.24, 2.45) is 0 Å². The van der Waals surface area contributed by atoms with Crippen LogP contribution in [0.4, 0.5) is 5.95 Å². The van der Waals surface area contributed by atoms with Crippen molar-refractivity contribution in [1.82, 2.24) is 24.8 Å². The lowest BCUT2D eigenvalue weighted by Crippen LogP contribution is -2.14. The molecule has 0 saturated carbocycles. The summed E-state index contributed by atoms with van der Waals surface area (Å²) in [6, 6.07) is 3.77. The van der Waals surface area contributed by atoms with Crippen LogP contribution in [0, 0.1) is 11.8 Å². The van der Waals surface area contributed by atoms with Crippen molar-refractivity contribution in [3.8, 4) is 23.1 Å². The Morgan fingerprint density at radius 3 is 2.85 bits per heavy atom. The Labute approximate surface area is 158 Å². The number of nitrogens with two attached hydrogens (primary N) is 1. The summed E-state index contributed by atoms with van der Waals surface area (Å²) in [5.41, 5.74) is 8.02. The van der Waals surface area contributed by atoms with Gasteiger partial charge in [0.1, 0.15) is 11.3 Å². The van der Waals surface area contributed by atoms with E-state index in [-0.39, 0.29) is 5.95 Å². The van der Waals surface area contributed by atoms with Gasteiger partial charge in [0.05, 0.1) is 17.4 Å². The van der Waals surface area contributed by atoms with E-state index in [2.05, 4.69) is 42.9 Å². The quantitative estimate of drug-likeness (QED) is 0.471. The van der Waals surface area contributed by atoms with Gasteiger partial charge in [0.2, 0.25) is 5.95 Å². The number of hydrogen-bond acceptors (Lipinski definition) is 6. The summed E-state index contributed by atoms with van der Waals surface area (Å²) in [5, 5.41) is 14.0. The summed E-state index contributed by atoms with van der Waals surface area (Å²) in [5.74, 6) is 5.98. The zero-order valence-electron chi connectivity index (χ0n) is 15.8. The van der Waals surface area contributed by atoms with Gasteiger partial charge in [0.15, 0.2) is 0 Å². The summed E-state index contributed by atoms with van der Waals surface area (Å²) in [4.78, 5) is 12.8. The smallest absolute Gasteiger partial charge is 0.220 e. The molecule has 7 nitrogen and oxygen atoms in total. The van der Waals surface area contributed by atoms with Gasteiger partial charge in [-0.05, 0) is 51.9 Å². The molecule has 3 heterocycles. The molecule has 27 heavy (non-hydrogen) atoms. The molecule has 0 bridgehead atoms. The Bertz CT molecular complexity index is 1010. The van der Waals surface area contributed by atoms with Crippen molar-refractivity contribution in [3.05, 3.63) is 36.4 Å². The Morgan fingerprint density at radius 2 is 2.15 bits per heavy atom. The fourth-order valence-corrected chi connectivity index (χ4v) is 2.81. The van der Waals surface area contributed by atoms with Gasteiger partial charge in [-0.1, -0.05) is 5.92 Å². The van der Waals surface area contributed by atoms with Crippen molar-refractivity contribution in [3.63, 3.8) is 0 Å². The van der Waals surface area contributed by atoms with Crippen LogP contribution in [-0.4, -0.2) is 43.8 Å². The number of pyridine rings is 1. The number of nitrogens with one attached hydrogen (secondary N) is 1. The fourth-order valence-electron chi connectivity index (χ4n) is 2.81. The molecule has 0 radical (unpaired) electrons. The van der Waals surface area contributed by atoms with Crippen molar-refractivity contribution < 1.29 is 5.11 Å². The van der Waals surface area contributed by atoms with Crippen LogP contribution in [0.3, 0.4) is 0 Å². The Hall–Kier alpha value is -2.95. The van der Waals surface area contributed by atoms with Crippen LogP contribution in [0.25, 0.3) is 22.2 Å². The van der Waals surface area contributed by atoms with Crippen molar-refractivity contribution in [2.75, 3.05) is 19.3 Å². The van der Waals surface area contributed by atoms with E-state index in [1.54, 1.807) is 20.0 Å². The Morgan fingerprint density at radius 1 is 1.33 bits per heavy atom. The van der Waals surface area contributed by atoms with Crippen molar-refractivity contribution >= 4 is 16.9 Å². The number of nitrogens with zero attached hydrogens (tertiary/aromatic N) is 4. The summed E-state index contributed by atoms with van der Waals surface area (Å²) in [6.07, 6.45) is 6.53. The van der Waals surface area contributed by atoms with Crippen LogP contribution in [0.1, 0.15) is 26.0 Å². The third-order valence-corrected chi connectivity index (χ3v) is 4.04. The number of aromatic nitrogens is 4. The normalized spacial score (nSPS) is 11.4. The van der Waals surface area contributed by atoms with Crippen molar-refractivity contribution in [2.45, 2.75) is 32.4 Å². The van der Waals surface area contributed by atoms with Crippen LogP contribution < -0.4 is 11.1 Å². The van der Waals surface area contributed by atoms with Gasteiger partial charge in [-0.2, -0.15) is 0 Å². The van der Waals surface area contributed by atoms with Gasteiger partial charge in [0, 0.05) is 29.9 Å². The van der Waals surface area contributed by atoms with Gasteiger partial charge < -0.3 is 20.7 Å². The third-order valence-electron chi connectivity index (χ3n) is 4.04. The van der Waals surface area contributed by atoms with Crippen LogP contribution >= 0.6 is 0 Å². The fraction of sp³-hybridized carbons (Fsp3) is 0.350. The third kappa shape index (κ3) is 4.61. The van der Waals surface area contributed by atoms with E-state index in [1.807, 2.05) is 25.4 Å². The lowest BCUT2D eigenvalue weighted by atomic mass is 10.1. The van der Waals surface area contributed by atoms with E-state index < -0.39 is 5.60 Å². The Balaban J connectivity index is 2.11. The number of anilines is 1. The lowest BCUT2D eigenvalue weighted by Gasteiger charge is -2.06. The SMILES string of the molecule is CNCCCn1cc(-c2ccnc(N)n2)c2cc(C#CC(C)(C)O)ncc21. The number of fused-ring (bicyclic) bond motifs is 1. The molecular formula is C20H24N6O. The topological polar surface area (TPSA) is 102 Å². The van der Waals surface area contributed by atoms with Gasteiger partial charge in [-0.3, -0.25) is 0 Å². The highest BCUT2D eigenvalue weighted by molar-refractivity contribution is 5.95. The average molecular weight is 364 g/mol. The second-order valence-corrected chi connectivity index (χ2v) is 6.89. The average Bonchev–Trinajstić information content (AvgIpc) is 2.98. The maximum absolute atomic E-state index is 9.84. The minimum atomic E-state index is -1.07. The summed E-state index contributed by atoms with van der Waals surface area (Å²) < 4.78 is 2.17. The molecule has 0 atom stereocenters. The number of aryl methyl sites for hydroxylation is 1. The molecule has 140 valence electrons. The zero-order chi connectivity index (χ0) is 19.4. The lowest BCUT2D eigenvalue weighted by molar-refractivity contribution is 0.143. The predicted molar refractivity (Wildman–Crippen MR) is 107 cm³/mol. The van der Waals surface area contributed by atoms with E-state index in [0.29, 0.717) is 5.69 Å². The summed E-state index contributed by atoms with van der Waals surface area (Å²) >= 11 is 0. The summed E-state index contributed by atoms with van der Waals surface area (Å²) in [7, 11) is 1.94. The molecule has 4 N–H and O–H groups in total. The molecule has 0 aromatic carbocycles. The van der Waals surface area contributed by atoms with Gasteiger partial charge in [-0.25, -0.2) is 15.0 Å². The molecule has 0 spiro atoms. The maximum Gasteiger partial charge on any atom is 0.220 e. The zero-order valence-corrected chi connectivity index (χ0v) is 15.8. The molecule has 0 aliphatic rings. The van der Waals surface area contributed by atoms with Crippen molar-refractivity contribution in [1.29, 1.82) is 0 Å². The van der Waals surface area contributed by atoms with Crippen LogP contribution in [0.5, 0.6) is 0 Å². The van der Waals surface area contributed by atoms with Crippen LogP contribution in [0.2, 0.25) is 0 Å². The number of hydrogen-bond donors (Lipinski definition) is 3. The largest absolute Gasteiger partial charge is 0.378 e. The van der Waals surface area contributed by atoms with E-state index >= 15 is 0 Å². The molecule has 0 unspecified atom stereocenters. The summed E-state index contributed by atoms with van der Waals surface area (Å²) in [6.45, 7) is 5.07. The standard InChI is InChI=1S/C20H24N6O/c1-20(2,27)7-5-14-11-15-16(17-6-9-23-19(21)25-17)13-26(10-4-8-22-3)18(15)12-24-14/h6,9,11-13,22,27H,4,8,10H2,1-3H3,(H2,21,23,25). The highest BCUT2D eigenvalue weighted by Crippen LogP contribution is 2.30. The van der Waals surface area contributed by atoms with Gasteiger partial charge >= 0.3 is 0 Å². The predicted octanol–water partition coefficient (Wildman–Crippen LogP) is 1.81. The first-order chi connectivity index (χ1) is 12.9. The number of nitrogen functional groups attached to an aromatic ring is 1.